The highest BCUT2D eigenvalue weighted by atomic mass is 32.1. The maximum absolute atomic E-state index is 13.0. The average Bonchev–Trinajstić information content (AvgIpc) is 3.27. The van der Waals surface area contributed by atoms with E-state index < -0.39 is 4.92 Å². The van der Waals surface area contributed by atoms with Crippen LogP contribution in [0.4, 0.5) is 10.2 Å². The summed E-state index contributed by atoms with van der Waals surface area (Å²) in [5.74, 6) is -0.533. The Morgan fingerprint density at radius 2 is 2.19 bits per heavy atom. The third kappa shape index (κ3) is 3.41. The molecular formula is C16H13FN4O4S. The van der Waals surface area contributed by atoms with E-state index in [0.29, 0.717) is 6.54 Å². The SMILES string of the molecule is O=[N+]([O-])c1cn2c(n1)OC[C@@H](OCc1csc(-c3ccc(F)cc3)n1)C2. The standard InChI is InChI=1S/C16H13FN4O4S/c17-11-3-1-10(2-4-11)15-18-12(9-26-15)7-24-13-5-20-6-14(21(22)23)19-16(20)25-8-13/h1-4,6,9,13H,5,7-8H2/t13-/m0/s1. The fourth-order valence-electron chi connectivity index (χ4n) is 2.56. The normalized spacial score (nSPS) is 16.1. The Morgan fingerprint density at radius 3 is 2.96 bits per heavy atom. The monoisotopic (exact) mass is 376 g/mol. The molecule has 8 nitrogen and oxygen atoms in total. The van der Waals surface area contributed by atoms with Crippen molar-refractivity contribution in [3.05, 3.63) is 57.5 Å². The summed E-state index contributed by atoms with van der Waals surface area (Å²) in [4.78, 5) is 18.5. The number of ether oxygens (including phenoxy) is 2. The zero-order valence-electron chi connectivity index (χ0n) is 13.4. The van der Waals surface area contributed by atoms with Crippen molar-refractivity contribution in [2.45, 2.75) is 19.3 Å². The fourth-order valence-corrected chi connectivity index (χ4v) is 3.37. The lowest BCUT2D eigenvalue weighted by Crippen LogP contribution is -2.32. The fraction of sp³-hybridized carbons (Fsp3) is 0.250. The lowest BCUT2D eigenvalue weighted by molar-refractivity contribution is -0.389. The molecule has 1 aromatic carbocycles. The molecule has 0 aliphatic carbocycles. The molecule has 134 valence electrons. The maximum atomic E-state index is 13.0. The molecule has 1 atom stereocenters. The van der Waals surface area contributed by atoms with Crippen LogP contribution < -0.4 is 4.74 Å². The molecule has 3 heterocycles. The van der Waals surface area contributed by atoms with Gasteiger partial charge in [0, 0.05) is 15.9 Å². The zero-order chi connectivity index (χ0) is 18.1. The van der Waals surface area contributed by atoms with Crippen LogP contribution in [0.5, 0.6) is 6.01 Å². The lowest BCUT2D eigenvalue weighted by atomic mass is 10.2. The predicted molar refractivity (Wildman–Crippen MR) is 90.5 cm³/mol. The van der Waals surface area contributed by atoms with Gasteiger partial charge in [0.25, 0.3) is 0 Å². The van der Waals surface area contributed by atoms with Crippen LogP contribution in [0.3, 0.4) is 0 Å². The topological polar surface area (TPSA) is 92.3 Å². The van der Waals surface area contributed by atoms with Crippen molar-refractivity contribution >= 4 is 17.2 Å². The van der Waals surface area contributed by atoms with E-state index in [2.05, 4.69) is 9.97 Å². The molecule has 0 bridgehead atoms. The lowest BCUT2D eigenvalue weighted by Gasteiger charge is -2.21. The van der Waals surface area contributed by atoms with Crippen molar-refractivity contribution in [2.75, 3.05) is 6.61 Å². The summed E-state index contributed by atoms with van der Waals surface area (Å²) >= 11 is 1.46. The molecule has 10 heteroatoms. The summed E-state index contributed by atoms with van der Waals surface area (Å²) < 4.78 is 25.8. The van der Waals surface area contributed by atoms with Crippen molar-refractivity contribution in [1.29, 1.82) is 0 Å². The molecule has 1 aliphatic rings. The number of nitro groups is 1. The molecule has 0 saturated carbocycles. The van der Waals surface area contributed by atoms with Crippen molar-refractivity contribution in [1.82, 2.24) is 14.5 Å². The summed E-state index contributed by atoms with van der Waals surface area (Å²) in [5.41, 5.74) is 1.61. The van der Waals surface area contributed by atoms with Gasteiger partial charge in [-0.2, -0.15) is 0 Å². The van der Waals surface area contributed by atoms with E-state index in [-0.39, 0.29) is 37.0 Å². The van der Waals surface area contributed by atoms with Gasteiger partial charge in [0.2, 0.25) is 0 Å². The summed E-state index contributed by atoms with van der Waals surface area (Å²) in [6, 6.07) is 6.38. The first kappa shape index (κ1) is 16.6. The first-order valence-electron chi connectivity index (χ1n) is 7.75. The number of thiazole rings is 1. The molecule has 0 amide bonds. The largest absolute Gasteiger partial charge is 0.443 e. The van der Waals surface area contributed by atoms with Crippen LogP contribution in [0, 0.1) is 15.9 Å². The molecule has 3 aromatic rings. The van der Waals surface area contributed by atoms with Crippen LogP contribution in [0.2, 0.25) is 0 Å². The highest BCUT2D eigenvalue weighted by Gasteiger charge is 2.28. The van der Waals surface area contributed by atoms with Gasteiger partial charge < -0.3 is 19.6 Å². The van der Waals surface area contributed by atoms with E-state index >= 15 is 0 Å². The highest BCUT2D eigenvalue weighted by molar-refractivity contribution is 7.13. The van der Waals surface area contributed by atoms with Gasteiger partial charge in [-0.05, 0) is 29.2 Å². The van der Waals surface area contributed by atoms with Crippen LogP contribution in [0.15, 0.2) is 35.8 Å². The Bertz CT molecular complexity index is 940. The third-order valence-electron chi connectivity index (χ3n) is 3.82. The minimum absolute atomic E-state index is 0.226. The van der Waals surface area contributed by atoms with Gasteiger partial charge in [0.1, 0.15) is 29.7 Å². The van der Waals surface area contributed by atoms with Gasteiger partial charge in [0.15, 0.2) is 0 Å². The molecule has 26 heavy (non-hydrogen) atoms. The van der Waals surface area contributed by atoms with E-state index in [4.69, 9.17) is 9.47 Å². The van der Waals surface area contributed by atoms with Crippen molar-refractivity contribution in [3.63, 3.8) is 0 Å². The number of hydrogen-bond donors (Lipinski definition) is 0. The average molecular weight is 376 g/mol. The van der Waals surface area contributed by atoms with E-state index in [0.717, 1.165) is 16.3 Å². The van der Waals surface area contributed by atoms with E-state index in [1.165, 1.54) is 29.7 Å². The highest BCUT2D eigenvalue weighted by Crippen LogP contribution is 2.25. The molecule has 0 spiro atoms. The Balaban J connectivity index is 1.37. The molecule has 0 unspecified atom stereocenters. The number of halogens is 1. The van der Waals surface area contributed by atoms with Gasteiger partial charge in [-0.1, -0.05) is 0 Å². The number of aromatic nitrogens is 3. The van der Waals surface area contributed by atoms with Crippen LogP contribution in [-0.4, -0.2) is 32.2 Å². The zero-order valence-corrected chi connectivity index (χ0v) is 14.2. The first-order valence-corrected chi connectivity index (χ1v) is 8.63. The van der Waals surface area contributed by atoms with E-state index in [1.807, 2.05) is 5.38 Å². The Hall–Kier alpha value is -2.85. The molecule has 1 aliphatic heterocycles. The quantitative estimate of drug-likeness (QED) is 0.502. The second-order valence-corrected chi connectivity index (χ2v) is 6.54. The van der Waals surface area contributed by atoms with Crippen LogP contribution in [-0.2, 0) is 17.9 Å². The second-order valence-electron chi connectivity index (χ2n) is 5.69. The number of imidazole rings is 1. The van der Waals surface area contributed by atoms with Gasteiger partial charge >= 0.3 is 11.8 Å². The summed E-state index contributed by atoms with van der Waals surface area (Å²) in [6.07, 6.45) is 1.08. The van der Waals surface area contributed by atoms with E-state index in [1.54, 1.807) is 16.7 Å². The van der Waals surface area contributed by atoms with Crippen molar-refractivity contribution in [3.8, 4) is 16.6 Å². The number of fused-ring (bicyclic) bond motifs is 1. The molecule has 0 saturated heterocycles. The second kappa shape index (κ2) is 6.81. The molecule has 2 aromatic heterocycles. The van der Waals surface area contributed by atoms with Gasteiger partial charge in [-0.25, -0.2) is 9.37 Å². The Kier molecular flexibility index (Phi) is 4.35. The smallest absolute Gasteiger partial charge is 0.414 e. The number of benzene rings is 1. The van der Waals surface area contributed by atoms with E-state index in [9.17, 15) is 14.5 Å². The molecule has 0 fully saturated rings. The maximum Gasteiger partial charge on any atom is 0.414 e. The summed E-state index contributed by atoms with van der Waals surface area (Å²) in [6.45, 7) is 0.978. The Labute approximate surface area is 151 Å². The minimum atomic E-state index is -0.559. The summed E-state index contributed by atoms with van der Waals surface area (Å²) in [7, 11) is 0. The van der Waals surface area contributed by atoms with Gasteiger partial charge in [0.05, 0.1) is 18.8 Å². The number of hydrogen-bond acceptors (Lipinski definition) is 7. The van der Waals surface area contributed by atoms with Crippen molar-refractivity contribution in [2.24, 2.45) is 0 Å². The number of rotatable bonds is 5. The van der Waals surface area contributed by atoms with Crippen LogP contribution in [0.25, 0.3) is 10.6 Å². The van der Waals surface area contributed by atoms with Gasteiger partial charge in [-0.3, -0.25) is 4.57 Å². The molecular weight excluding hydrogens is 363 g/mol. The Morgan fingerprint density at radius 1 is 1.38 bits per heavy atom. The van der Waals surface area contributed by atoms with Crippen molar-refractivity contribution < 1.29 is 18.8 Å². The third-order valence-corrected chi connectivity index (χ3v) is 4.76. The summed E-state index contributed by atoms with van der Waals surface area (Å²) in [5, 5.41) is 13.4. The van der Waals surface area contributed by atoms with Crippen LogP contribution >= 0.6 is 11.3 Å². The minimum Gasteiger partial charge on any atom is -0.443 e. The van der Waals surface area contributed by atoms with Crippen LogP contribution in [0.1, 0.15) is 5.69 Å². The predicted octanol–water partition coefficient (Wildman–Crippen LogP) is 3.03. The first-order chi connectivity index (χ1) is 12.6. The molecule has 4 rings (SSSR count). The number of nitrogens with zero attached hydrogens (tertiary/aromatic N) is 4. The molecule has 0 radical (unpaired) electrons. The van der Waals surface area contributed by atoms with Gasteiger partial charge in [-0.15, -0.1) is 11.3 Å². The molecule has 0 N–H and O–H groups in total.